The molecule has 0 atom stereocenters. The number of ether oxygens (including phenoxy) is 1. The smallest absolute Gasteiger partial charge is 0.297 e. The summed E-state index contributed by atoms with van der Waals surface area (Å²) in [6.45, 7) is 0.0843. The zero-order valence-electron chi connectivity index (χ0n) is 14.8. The molecule has 0 saturated carbocycles. The number of para-hydroxylation sites is 2. The summed E-state index contributed by atoms with van der Waals surface area (Å²) in [5, 5.41) is 4.80. The topological polar surface area (TPSA) is 96.2 Å². The molecule has 5 aromatic rings. The SMILES string of the molecule is COc1ccccc1-c1noc(Cn2cnc3c(oc4ccccc43)c2=O)n1. The molecule has 3 aromatic heterocycles. The Balaban J connectivity index is 1.52. The molecule has 0 aliphatic heterocycles. The summed E-state index contributed by atoms with van der Waals surface area (Å²) in [6.07, 6.45) is 1.46. The van der Waals surface area contributed by atoms with Gasteiger partial charge in [0.1, 0.15) is 23.4 Å². The quantitative estimate of drug-likeness (QED) is 0.476. The van der Waals surface area contributed by atoms with Gasteiger partial charge in [0.2, 0.25) is 17.3 Å². The van der Waals surface area contributed by atoms with Crippen LogP contribution in [0.3, 0.4) is 0 Å². The van der Waals surface area contributed by atoms with E-state index in [2.05, 4.69) is 15.1 Å². The van der Waals surface area contributed by atoms with E-state index in [9.17, 15) is 4.79 Å². The van der Waals surface area contributed by atoms with Crippen molar-refractivity contribution in [1.29, 1.82) is 0 Å². The van der Waals surface area contributed by atoms with Gasteiger partial charge < -0.3 is 13.7 Å². The maximum atomic E-state index is 12.8. The minimum atomic E-state index is -0.307. The second-order valence-corrected chi connectivity index (χ2v) is 6.17. The maximum absolute atomic E-state index is 12.8. The Morgan fingerprint density at radius 2 is 1.93 bits per heavy atom. The van der Waals surface area contributed by atoms with Gasteiger partial charge in [0.15, 0.2) is 0 Å². The summed E-state index contributed by atoms with van der Waals surface area (Å²) in [5.74, 6) is 1.30. The average Bonchev–Trinajstić information content (AvgIpc) is 3.35. The Labute approximate surface area is 158 Å². The van der Waals surface area contributed by atoms with Gasteiger partial charge >= 0.3 is 0 Å². The number of benzene rings is 2. The fraction of sp³-hybridized carbons (Fsp3) is 0.100. The minimum absolute atomic E-state index is 0.0843. The van der Waals surface area contributed by atoms with E-state index in [1.807, 2.05) is 42.5 Å². The average molecular weight is 374 g/mol. The molecule has 138 valence electrons. The van der Waals surface area contributed by atoms with Crippen molar-refractivity contribution in [2.24, 2.45) is 0 Å². The molecular formula is C20H14N4O4. The van der Waals surface area contributed by atoms with Crippen molar-refractivity contribution in [2.75, 3.05) is 7.11 Å². The molecular weight excluding hydrogens is 360 g/mol. The zero-order chi connectivity index (χ0) is 19.1. The number of nitrogens with zero attached hydrogens (tertiary/aromatic N) is 4. The second kappa shape index (κ2) is 6.34. The van der Waals surface area contributed by atoms with Crippen molar-refractivity contribution in [1.82, 2.24) is 19.7 Å². The first-order valence-electron chi connectivity index (χ1n) is 8.57. The van der Waals surface area contributed by atoms with E-state index in [4.69, 9.17) is 13.7 Å². The molecule has 0 bridgehead atoms. The first kappa shape index (κ1) is 16.2. The zero-order valence-corrected chi connectivity index (χ0v) is 14.8. The highest BCUT2D eigenvalue weighted by Crippen LogP contribution is 2.27. The number of furan rings is 1. The molecule has 0 N–H and O–H groups in total. The lowest BCUT2D eigenvalue weighted by Gasteiger charge is -2.03. The van der Waals surface area contributed by atoms with Gasteiger partial charge in [0.05, 0.1) is 19.0 Å². The summed E-state index contributed by atoms with van der Waals surface area (Å²) < 4.78 is 17.7. The molecule has 5 rings (SSSR count). The summed E-state index contributed by atoms with van der Waals surface area (Å²) in [4.78, 5) is 21.5. The molecule has 0 spiro atoms. The van der Waals surface area contributed by atoms with Gasteiger partial charge in [-0.1, -0.05) is 29.4 Å². The van der Waals surface area contributed by atoms with Crippen LogP contribution in [0.4, 0.5) is 0 Å². The Hall–Kier alpha value is -3.94. The van der Waals surface area contributed by atoms with E-state index in [-0.39, 0.29) is 23.6 Å². The first-order chi connectivity index (χ1) is 13.7. The van der Waals surface area contributed by atoms with E-state index in [1.54, 1.807) is 13.2 Å². The van der Waals surface area contributed by atoms with E-state index in [1.165, 1.54) is 10.9 Å². The lowest BCUT2D eigenvalue weighted by molar-refractivity contribution is 0.369. The Morgan fingerprint density at radius 1 is 1.11 bits per heavy atom. The van der Waals surface area contributed by atoms with Crippen LogP contribution < -0.4 is 10.3 Å². The number of aromatic nitrogens is 4. The summed E-state index contributed by atoms with van der Waals surface area (Å²) in [7, 11) is 1.58. The predicted molar refractivity (Wildman–Crippen MR) is 101 cm³/mol. The third-order valence-corrected chi connectivity index (χ3v) is 4.47. The van der Waals surface area contributed by atoms with Gasteiger partial charge in [-0.05, 0) is 24.3 Å². The molecule has 0 radical (unpaired) electrons. The van der Waals surface area contributed by atoms with Crippen molar-refractivity contribution in [3.8, 4) is 17.1 Å². The molecule has 0 unspecified atom stereocenters. The van der Waals surface area contributed by atoms with E-state index < -0.39 is 0 Å². The summed E-state index contributed by atoms with van der Waals surface area (Å²) in [5.41, 5.74) is 1.76. The minimum Gasteiger partial charge on any atom is -0.496 e. The number of rotatable bonds is 4. The van der Waals surface area contributed by atoms with Crippen molar-refractivity contribution in [3.05, 3.63) is 71.1 Å². The molecule has 0 aliphatic rings. The molecule has 2 aromatic carbocycles. The van der Waals surface area contributed by atoms with Crippen molar-refractivity contribution in [2.45, 2.75) is 6.54 Å². The van der Waals surface area contributed by atoms with Crippen molar-refractivity contribution >= 4 is 22.1 Å². The maximum Gasteiger partial charge on any atom is 0.297 e. The van der Waals surface area contributed by atoms with Gasteiger partial charge in [-0.3, -0.25) is 9.36 Å². The summed E-state index contributed by atoms with van der Waals surface area (Å²) >= 11 is 0. The largest absolute Gasteiger partial charge is 0.496 e. The Bertz CT molecular complexity index is 1370. The Kier molecular flexibility index (Phi) is 3.68. The highest BCUT2D eigenvalue weighted by molar-refractivity contribution is 6.01. The number of fused-ring (bicyclic) bond motifs is 3. The number of hydrogen-bond donors (Lipinski definition) is 0. The number of methoxy groups -OCH3 is 1. The normalized spacial score (nSPS) is 11.3. The summed E-state index contributed by atoms with van der Waals surface area (Å²) in [6, 6.07) is 14.8. The first-order valence-corrected chi connectivity index (χ1v) is 8.57. The van der Waals surface area contributed by atoms with Crippen LogP contribution in [0.2, 0.25) is 0 Å². The van der Waals surface area contributed by atoms with Crippen molar-refractivity contribution < 1.29 is 13.7 Å². The van der Waals surface area contributed by atoms with Crippen LogP contribution in [0.5, 0.6) is 5.75 Å². The van der Waals surface area contributed by atoms with Crippen LogP contribution in [-0.4, -0.2) is 26.8 Å². The molecule has 28 heavy (non-hydrogen) atoms. The van der Waals surface area contributed by atoms with Gasteiger partial charge in [-0.2, -0.15) is 4.98 Å². The standard InChI is InChI=1S/C20H14N4O4/c1-26-14-8-4-3-7-13(14)19-22-16(28-23-19)10-24-11-21-17-12-6-2-5-9-15(12)27-18(17)20(24)25/h2-9,11H,10H2,1H3. The van der Waals surface area contributed by atoms with Crippen LogP contribution in [0.1, 0.15) is 5.89 Å². The highest BCUT2D eigenvalue weighted by atomic mass is 16.5. The van der Waals surface area contributed by atoms with E-state index in [0.29, 0.717) is 28.2 Å². The molecule has 0 fully saturated rings. The third-order valence-electron chi connectivity index (χ3n) is 4.47. The van der Waals surface area contributed by atoms with Crippen LogP contribution in [-0.2, 0) is 6.54 Å². The predicted octanol–water partition coefficient (Wildman–Crippen LogP) is 3.25. The van der Waals surface area contributed by atoms with Crippen LogP contribution in [0.15, 0.2) is 68.6 Å². The van der Waals surface area contributed by atoms with E-state index in [0.717, 1.165) is 5.39 Å². The lowest BCUT2D eigenvalue weighted by Crippen LogP contribution is -2.20. The molecule has 8 nitrogen and oxygen atoms in total. The fourth-order valence-electron chi connectivity index (χ4n) is 3.13. The van der Waals surface area contributed by atoms with E-state index >= 15 is 0 Å². The third kappa shape index (κ3) is 2.54. The monoisotopic (exact) mass is 374 g/mol. The van der Waals surface area contributed by atoms with Gasteiger partial charge in [0, 0.05) is 5.39 Å². The van der Waals surface area contributed by atoms with Gasteiger partial charge in [-0.25, -0.2) is 4.98 Å². The number of hydrogen-bond acceptors (Lipinski definition) is 7. The molecule has 0 saturated heterocycles. The fourth-order valence-corrected chi connectivity index (χ4v) is 3.13. The Morgan fingerprint density at radius 3 is 2.82 bits per heavy atom. The molecule has 0 amide bonds. The highest BCUT2D eigenvalue weighted by Gasteiger charge is 2.16. The molecule has 0 aliphatic carbocycles. The lowest BCUT2D eigenvalue weighted by atomic mass is 10.2. The van der Waals surface area contributed by atoms with Crippen molar-refractivity contribution in [3.63, 3.8) is 0 Å². The molecule has 3 heterocycles. The van der Waals surface area contributed by atoms with Gasteiger partial charge in [0.25, 0.3) is 5.56 Å². The van der Waals surface area contributed by atoms with Crippen LogP contribution in [0, 0.1) is 0 Å². The van der Waals surface area contributed by atoms with Crippen LogP contribution in [0.25, 0.3) is 33.5 Å². The van der Waals surface area contributed by atoms with Crippen LogP contribution >= 0.6 is 0 Å². The second-order valence-electron chi connectivity index (χ2n) is 6.17. The molecule has 8 heteroatoms. The van der Waals surface area contributed by atoms with Gasteiger partial charge in [-0.15, -0.1) is 0 Å².